The highest BCUT2D eigenvalue weighted by molar-refractivity contribution is 5.87. The maximum Gasteiger partial charge on any atom is 0.328 e. The summed E-state index contributed by atoms with van der Waals surface area (Å²) in [4.78, 5) is 12.0. The molecule has 1 fully saturated rings. The zero-order valence-corrected chi connectivity index (χ0v) is 13.7. The van der Waals surface area contributed by atoms with Crippen molar-refractivity contribution < 1.29 is 19.0 Å². The second-order valence-electron chi connectivity index (χ2n) is 5.92. The predicted molar refractivity (Wildman–Crippen MR) is 88.2 cm³/mol. The summed E-state index contributed by atoms with van der Waals surface area (Å²) in [6.07, 6.45) is 2.99. The summed E-state index contributed by atoms with van der Waals surface area (Å²) in [6, 6.07) is 4.19. The molecule has 6 nitrogen and oxygen atoms in total. The number of carbonyl (C=O) groups is 1. The molecule has 1 aliphatic carbocycles. The number of ether oxygens (including phenoxy) is 3. The molecule has 1 heterocycles. The van der Waals surface area contributed by atoms with Crippen molar-refractivity contribution in [3.8, 4) is 5.75 Å². The Balaban J connectivity index is 1.77. The molecule has 0 spiro atoms. The highest BCUT2D eigenvalue weighted by Crippen LogP contribution is 2.39. The molecule has 0 saturated heterocycles. The van der Waals surface area contributed by atoms with E-state index in [0.29, 0.717) is 32.3 Å². The average Bonchev–Trinajstić information content (AvgIpc) is 3.23. The van der Waals surface area contributed by atoms with E-state index in [1.165, 1.54) is 12.8 Å². The van der Waals surface area contributed by atoms with Crippen molar-refractivity contribution in [1.29, 1.82) is 0 Å². The van der Waals surface area contributed by atoms with Crippen molar-refractivity contribution >= 4 is 17.3 Å². The zero-order chi connectivity index (χ0) is 16.2. The van der Waals surface area contributed by atoms with Gasteiger partial charge in [0.05, 0.1) is 24.6 Å². The van der Waals surface area contributed by atoms with E-state index in [4.69, 9.17) is 14.2 Å². The summed E-state index contributed by atoms with van der Waals surface area (Å²) in [6.45, 7) is 3.27. The highest BCUT2D eigenvalue weighted by atomic mass is 16.5. The SMILES string of the molecule is CCOC(=O)C1Cc2cc(OCCOC)cc(NC3CC3)c2N1. The lowest BCUT2D eigenvalue weighted by molar-refractivity contribution is -0.143. The molecule has 126 valence electrons. The number of carbonyl (C=O) groups excluding carboxylic acids is 1. The number of fused-ring (bicyclic) bond motifs is 1. The molecule has 1 aromatic rings. The van der Waals surface area contributed by atoms with E-state index in [9.17, 15) is 4.79 Å². The Morgan fingerprint density at radius 2 is 2.17 bits per heavy atom. The van der Waals surface area contributed by atoms with Crippen LogP contribution in [0.4, 0.5) is 11.4 Å². The van der Waals surface area contributed by atoms with Crippen LogP contribution in [-0.2, 0) is 20.7 Å². The van der Waals surface area contributed by atoms with E-state index < -0.39 is 0 Å². The minimum absolute atomic E-state index is 0.206. The van der Waals surface area contributed by atoms with Gasteiger partial charge >= 0.3 is 5.97 Å². The summed E-state index contributed by atoms with van der Waals surface area (Å²) >= 11 is 0. The van der Waals surface area contributed by atoms with Crippen LogP contribution in [0, 0.1) is 0 Å². The van der Waals surface area contributed by atoms with Gasteiger partial charge in [-0.15, -0.1) is 0 Å². The topological polar surface area (TPSA) is 68.8 Å². The fourth-order valence-corrected chi connectivity index (χ4v) is 2.72. The van der Waals surface area contributed by atoms with E-state index >= 15 is 0 Å². The normalized spacial score (nSPS) is 19.0. The van der Waals surface area contributed by atoms with Gasteiger partial charge in [-0.3, -0.25) is 0 Å². The van der Waals surface area contributed by atoms with Gasteiger partial charge in [-0.25, -0.2) is 4.79 Å². The van der Waals surface area contributed by atoms with Gasteiger partial charge < -0.3 is 24.8 Å². The number of nitrogens with one attached hydrogen (secondary N) is 2. The number of hydrogen-bond acceptors (Lipinski definition) is 6. The van der Waals surface area contributed by atoms with Crippen LogP contribution in [0.3, 0.4) is 0 Å². The predicted octanol–water partition coefficient (Wildman–Crippen LogP) is 2.19. The van der Waals surface area contributed by atoms with E-state index in [1.807, 2.05) is 19.1 Å². The van der Waals surface area contributed by atoms with Gasteiger partial charge in [0.15, 0.2) is 0 Å². The molecule has 2 N–H and O–H groups in total. The lowest BCUT2D eigenvalue weighted by Crippen LogP contribution is -2.29. The first kappa shape index (κ1) is 15.9. The maximum atomic E-state index is 12.0. The Kier molecular flexibility index (Phi) is 4.91. The van der Waals surface area contributed by atoms with Crippen molar-refractivity contribution in [3.63, 3.8) is 0 Å². The number of hydrogen-bond donors (Lipinski definition) is 2. The Bertz CT molecular complexity index is 572. The quantitative estimate of drug-likeness (QED) is 0.565. The first-order valence-corrected chi connectivity index (χ1v) is 8.19. The van der Waals surface area contributed by atoms with Crippen molar-refractivity contribution in [1.82, 2.24) is 0 Å². The Labute approximate surface area is 136 Å². The van der Waals surface area contributed by atoms with Crippen LogP contribution in [0.15, 0.2) is 12.1 Å². The van der Waals surface area contributed by atoms with Crippen LogP contribution in [0.5, 0.6) is 5.75 Å². The van der Waals surface area contributed by atoms with E-state index in [-0.39, 0.29) is 12.0 Å². The molecule has 6 heteroatoms. The first-order valence-electron chi connectivity index (χ1n) is 8.19. The van der Waals surface area contributed by atoms with E-state index in [2.05, 4.69) is 10.6 Å². The van der Waals surface area contributed by atoms with Crippen LogP contribution in [-0.4, -0.2) is 45.0 Å². The molecule has 0 amide bonds. The standard InChI is InChI=1S/C17H24N2O4/c1-3-22-17(20)15-9-11-8-13(23-7-6-21-2)10-14(16(11)19-15)18-12-4-5-12/h8,10,12,15,18-19H,3-7,9H2,1-2H3. The minimum Gasteiger partial charge on any atom is -0.491 e. The summed E-state index contributed by atoms with van der Waals surface area (Å²) in [5, 5.41) is 6.81. The number of methoxy groups -OCH3 is 1. The fourth-order valence-electron chi connectivity index (χ4n) is 2.72. The first-order chi connectivity index (χ1) is 11.2. The molecule has 0 bridgehead atoms. The minimum atomic E-state index is -0.320. The number of benzene rings is 1. The van der Waals surface area contributed by atoms with Crippen molar-refractivity contribution in [3.05, 3.63) is 17.7 Å². The van der Waals surface area contributed by atoms with Gasteiger partial charge in [-0.1, -0.05) is 0 Å². The molecular weight excluding hydrogens is 296 g/mol. The van der Waals surface area contributed by atoms with E-state index in [1.54, 1.807) is 7.11 Å². The fraction of sp³-hybridized carbons (Fsp3) is 0.588. The number of esters is 1. The molecule has 1 saturated carbocycles. The molecular formula is C17H24N2O4. The second kappa shape index (κ2) is 7.08. The molecule has 1 aliphatic heterocycles. The zero-order valence-electron chi connectivity index (χ0n) is 13.7. The van der Waals surface area contributed by atoms with Crippen LogP contribution in [0.1, 0.15) is 25.3 Å². The second-order valence-corrected chi connectivity index (χ2v) is 5.92. The lowest BCUT2D eigenvalue weighted by atomic mass is 10.1. The molecule has 23 heavy (non-hydrogen) atoms. The highest BCUT2D eigenvalue weighted by Gasteiger charge is 2.32. The number of anilines is 2. The van der Waals surface area contributed by atoms with Gasteiger partial charge in [0, 0.05) is 25.6 Å². The van der Waals surface area contributed by atoms with Crippen molar-refractivity contribution in [2.24, 2.45) is 0 Å². The molecule has 1 aromatic carbocycles. The lowest BCUT2D eigenvalue weighted by Gasteiger charge is -2.15. The third kappa shape index (κ3) is 3.88. The van der Waals surface area contributed by atoms with Gasteiger partial charge in [0.1, 0.15) is 18.4 Å². The van der Waals surface area contributed by atoms with Crippen LogP contribution in [0.2, 0.25) is 0 Å². The smallest absolute Gasteiger partial charge is 0.328 e. The molecule has 0 radical (unpaired) electrons. The largest absolute Gasteiger partial charge is 0.491 e. The summed E-state index contributed by atoms with van der Waals surface area (Å²) in [5.74, 6) is 0.596. The Hall–Kier alpha value is -1.95. The third-order valence-electron chi connectivity index (χ3n) is 4.00. The van der Waals surface area contributed by atoms with Crippen LogP contribution >= 0.6 is 0 Å². The Morgan fingerprint density at radius 3 is 2.87 bits per heavy atom. The van der Waals surface area contributed by atoms with Crippen LogP contribution < -0.4 is 15.4 Å². The molecule has 2 aliphatic rings. The number of rotatable bonds is 8. The average molecular weight is 320 g/mol. The summed E-state index contributed by atoms with van der Waals surface area (Å²) in [7, 11) is 1.65. The van der Waals surface area contributed by atoms with Gasteiger partial charge in [0.25, 0.3) is 0 Å². The Morgan fingerprint density at radius 1 is 1.35 bits per heavy atom. The molecule has 1 atom stereocenters. The monoisotopic (exact) mass is 320 g/mol. The van der Waals surface area contributed by atoms with Crippen LogP contribution in [0.25, 0.3) is 0 Å². The molecule has 0 aromatic heterocycles. The maximum absolute atomic E-state index is 12.0. The van der Waals surface area contributed by atoms with Crippen molar-refractivity contribution in [2.45, 2.75) is 38.3 Å². The van der Waals surface area contributed by atoms with Gasteiger partial charge in [-0.05, 0) is 31.4 Å². The van der Waals surface area contributed by atoms with Gasteiger partial charge in [-0.2, -0.15) is 0 Å². The summed E-state index contributed by atoms with van der Waals surface area (Å²) < 4.78 is 15.9. The molecule has 1 unspecified atom stereocenters. The third-order valence-corrected chi connectivity index (χ3v) is 4.00. The summed E-state index contributed by atoms with van der Waals surface area (Å²) in [5.41, 5.74) is 3.08. The van der Waals surface area contributed by atoms with Crippen molar-refractivity contribution in [2.75, 3.05) is 37.6 Å². The van der Waals surface area contributed by atoms with Gasteiger partial charge in [0.2, 0.25) is 0 Å². The van der Waals surface area contributed by atoms with E-state index in [0.717, 1.165) is 22.7 Å². The molecule has 3 rings (SSSR count).